The number of hydrogen-bond donors (Lipinski definition) is 1. The predicted octanol–water partition coefficient (Wildman–Crippen LogP) is 0.198. The first-order valence-corrected chi connectivity index (χ1v) is 4.18. The summed E-state index contributed by atoms with van der Waals surface area (Å²) in [6, 6.07) is -0.335. The summed E-state index contributed by atoms with van der Waals surface area (Å²) in [5.41, 5.74) is 0. The van der Waals surface area contributed by atoms with Gasteiger partial charge in [-0.1, -0.05) is 6.92 Å². The van der Waals surface area contributed by atoms with Gasteiger partial charge < -0.3 is 4.90 Å². The summed E-state index contributed by atoms with van der Waals surface area (Å²) in [6.45, 7) is 2.76. The Kier molecular flexibility index (Phi) is 2.91. The Bertz CT molecular complexity index is 267. The zero-order valence-electron chi connectivity index (χ0n) is 7.54. The van der Waals surface area contributed by atoms with Crippen LogP contribution >= 0.6 is 0 Å². The molecule has 0 aliphatic carbocycles. The molecule has 1 saturated heterocycles. The highest BCUT2D eigenvalue weighted by molar-refractivity contribution is 5.97. The van der Waals surface area contributed by atoms with E-state index in [1.807, 2.05) is 0 Å². The van der Waals surface area contributed by atoms with E-state index in [4.69, 9.17) is 6.42 Å². The first-order valence-electron chi connectivity index (χ1n) is 4.18. The summed E-state index contributed by atoms with van der Waals surface area (Å²) in [6.07, 6.45) is 5.60. The van der Waals surface area contributed by atoms with Crippen LogP contribution in [0.2, 0.25) is 0 Å². The van der Waals surface area contributed by atoms with Crippen LogP contribution in [0.3, 0.4) is 0 Å². The average molecular weight is 180 g/mol. The predicted molar refractivity (Wildman–Crippen MR) is 47.7 cm³/mol. The van der Waals surface area contributed by atoms with Gasteiger partial charge in [0.2, 0.25) is 5.91 Å². The number of rotatable bonds is 2. The van der Waals surface area contributed by atoms with E-state index < -0.39 is 0 Å². The molecule has 1 atom stereocenters. The van der Waals surface area contributed by atoms with E-state index in [9.17, 15) is 9.59 Å². The topological polar surface area (TPSA) is 49.4 Å². The summed E-state index contributed by atoms with van der Waals surface area (Å²) in [5.74, 6) is 2.11. The van der Waals surface area contributed by atoms with Crippen molar-refractivity contribution in [3.05, 3.63) is 0 Å². The molecule has 1 heterocycles. The van der Waals surface area contributed by atoms with Crippen LogP contribution in [-0.4, -0.2) is 29.9 Å². The Labute approximate surface area is 77.3 Å². The minimum absolute atomic E-state index is 0.143. The van der Waals surface area contributed by atoms with Crippen molar-refractivity contribution in [2.75, 3.05) is 13.1 Å². The Morgan fingerprint density at radius 3 is 3.00 bits per heavy atom. The average Bonchev–Trinajstić information content (AvgIpc) is 2.09. The molecule has 3 amide bonds. The molecule has 1 aliphatic heterocycles. The van der Waals surface area contributed by atoms with Crippen LogP contribution < -0.4 is 5.32 Å². The number of nitrogens with zero attached hydrogens (tertiary/aromatic N) is 1. The molecule has 70 valence electrons. The lowest BCUT2D eigenvalue weighted by atomic mass is 10.1. The number of imide groups is 1. The molecule has 13 heavy (non-hydrogen) atoms. The molecule has 0 bridgehead atoms. The van der Waals surface area contributed by atoms with Crippen LogP contribution in [0.4, 0.5) is 4.79 Å². The zero-order valence-corrected chi connectivity index (χ0v) is 7.54. The molecular formula is C9H12N2O2. The Morgan fingerprint density at radius 1 is 1.69 bits per heavy atom. The van der Waals surface area contributed by atoms with Gasteiger partial charge >= 0.3 is 6.03 Å². The standard InChI is InChI=1S/C9H12N2O2/c1-3-4-5-11-6-7(2)8(12)10-9(11)13/h1,7H,4-6H2,2H3,(H,10,12,13). The van der Waals surface area contributed by atoms with E-state index in [1.165, 1.54) is 0 Å². The van der Waals surface area contributed by atoms with E-state index in [-0.39, 0.29) is 17.9 Å². The summed E-state index contributed by atoms with van der Waals surface area (Å²) in [7, 11) is 0. The van der Waals surface area contributed by atoms with Crippen molar-refractivity contribution in [2.24, 2.45) is 5.92 Å². The third kappa shape index (κ3) is 2.22. The molecule has 4 nitrogen and oxygen atoms in total. The van der Waals surface area contributed by atoms with Crippen LogP contribution in [0, 0.1) is 18.3 Å². The Hall–Kier alpha value is -1.50. The molecule has 0 radical (unpaired) electrons. The van der Waals surface area contributed by atoms with Crippen LogP contribution in [-0.2, 0) is 4.79 Å². The molecule has 1 N–H and O–H groups in total. The van der Waals surface area contributed by atoms with Crippen molar-refractivity contribution in [3.8, 4) is 12.3 Å². The van der Waals surface area contributed by atoms with Gasteiger partial charge in [-0.2, -0.15) is 0 Å². The van der Waals surface area contributed by atoms with Crippen LogP contribution in [0.5, 0.6) is 0 Å². The summed E-state index contributed by atoms with van der Waals surface area (Å²) < 4.78 is 0. The second kappa shape index (κ2) is 3.94. The normalized spacial score (nSPS) is 22.5. The van der Waals surface area contributed by atoms with Crippen LogP contribution in [0.25, 0.3) is 0 Å². The van der Waals surface area contributed by atoms with E-state index in [0.29, 0.717) is 19.5 Å². The first kappa shape index (κ1) is 9.59. The maximum Gasteiger partial charge on any atom is 0.324 e. The van der Waals surface area contributed by atoms with Crippen molar-refractivity contribution in [1.82, 2.24) is 10.2 Å². The van der Waals surface area contributed by atoms with Gasteiger partial charge in [0.1, 0.15) is 0 Å². The molecule has 0 aromatic rings. The zero-order chi connectivity index (χ0) is 9.84. The van der Waals surface area contributed by atoms with Crippen molar-refractivity contribution < 1.29 is 9.59 Å². The number of amides is 3. The van der Waals surface area contributed by atoms with Gasteiger partial charge in [-0.15, -0.1) is 12.3 Å². The molecule has 1 rings (SSSR count). The monoisotopic (exact) mass is 180 g/mol. The van der Waals surface area contributed by atoms with Crippen molar-refractivity contribution in [1.29, 1.82) is 0 Å². The Morgan fingerprint density at radius 2 is 2.38 bits per heavy atom. The summed E-state index contributed by atoms with van der Waals surface area (Å²) in [5, 5.41) is 2.27. The molecule has 0 saturated carbocycles. The summed E-state index contributed by atoms with van der Waals surface area (Å²) in [4.78, 5) is 23.8. The molecule has 1 aliphatic rings. The molecule has 0 spiro atoms. The van der Waals surface area contributed by atoms with Crippen molar-refractivity contribution in [2.45, 2.75) is 13.3 Å². The largest absolute Gasteiger partial charge is 0.324 e. The molecule has 4 heteroatoms. The highest BCUT2D eigenvalue weighted by Crippen LogP contribution is 2.07. The van der Waals surface area contributed by atoms with Crippen LogP contribution in [0.15, 0.2) is 0 Å². The van der Waals surface area contributed by atoms with Crippen LogP contribution in [0.1, 0.15) is 13.3 Å². The maximum absolute atomic E-state index is 11.2. The number of carbonyl (C=O) groups excluding carboxylic acids is 2. The highest BCUT2D eigenvalue weighted by Gasteiger charge is 2.28. The number of hydrogen-bond acceptors (Lipinski definition) is 2. The lowest BCUT2D eigenvalue weighted by Crippen LogP contribution is -2.53. The van der Waals surface area contributed by atoms with Gasteiger partial charge in [0.25, 0.3) is 0 Å². The minimum atomic E-state index is -0.335. The molecule has 0 aromatic heterocycles. The summed E-state index contributed by atoms with van der Waals surface area (Å²) >= 11 is 0. The van der Waals surface area contributed by atoms with Gasteiger partial charge in [0.05, 0.1) is 5.92 Å². The lowest BCUT2D eigenvalue weighted by Gasteiger charge is -2.29. The second-order valence-electron chi connectivity index (χ2n) is 3.10. The molecule has 1 fully saturated rings. The van der Waals surface area contributed by atoms with E-state index in [0.717, 1.165) is 0 Å². The smallest absolute Gasteiger partial charge is 0.323 e. The molecule has 0 aromatic carbocycles. The van der Waals surface area contributed by atoms with Gasteiger partial charge in [-0.05, 0) is 0 Å². The van der Waals surface area contributed by atoms with Gasteiger partial charge in [-0.25, -0.2) is 4.79 Å². The van der Waals surface area contributed by atoms with Crippen molar-refractivity contribution >= 4 is 11.9 Å². The Balaban J connectivity index is 2.52. The van der Waals surface area contributed by atoms with Crippen molar-refractivity contribution in [3.63, 3.8) is 0 Å². The van der Waals surface area contributed by atoms with E-state index >= 15 is 0 Å². The lowest BCUT2D eigenvalue weighted by molar-refractivity contribution is -0.125. The maximum atomic E-state index is 11.2. The second-order valence-corrected chi connectivity index (χ2v) is 3.10. The van der Waals surface area contributed by atoms with E-state index in [2.05, 4.69) is 11.2 Å². The fraction of sp³-hybridized carbons (Fsp3) is 0.556. The number of urea groups is 1. The highest BCUT2D eigenvalue weighted by atomic mass is 16.2. The quantitative estimate of drug-likeness (QED) is 0.617. The van der Waals surface area contributed by atoms with Gasteiger partial charge in [0.15, 0.2) is 0 Å². The third-order valence-corrected chi connectivity index (χ3v) is 1.99. The number of carbonyl (C=O) groups is 2. The van der Waals surface area contributed by atoms with Gasteiger partial charge in [0, 0.05) is 19.5 Å². The fourth-order valence-electron chi connectivity index (χ4n) is 1.20. The minimum Gasteiger partial charge on any atom is -0.323 e. The molecule has 1 unspecified atom stereocenters. The van der Waals surface area contributed by atoms with E-state index in [1.54, 1.807) is 11.8 Å². The van der Waals surface area contributed by atoms with Gasteiger partial charge in [-0.3, -0.25) is 10.1 Å². The number of nitrogens with one attached hydrogen (secondary N) is 1. The fourth-order valence-corrected chi connectivity index (χ4v) is 1.20. The SMILES string of the molecule is C#CCCN1CC(C)C(=O)NC1=O. The molecular weight excluding hydrogens is 168 g/mol. The number of terminal acetylenes is 1. The third-order valence-electron chi connectivity index (χ3n) is 1.99. The first-order chi connectivity index (χ1) is 6.15.